The highest BCUT2D eigenvalue weighted by Gasteiger charge is 2.14. The highest BCUT2D eigenvalue weighted by Crippen LogP contribution is 2.25. The highest BCUT2D eigenvalue weighted by atomic mass is 35.5. The van der Waals surface area contributed by atoms with Crippen molar-refractivity contribution in [2.75, 3.05) is 6.54 Å². The number of aryl methyl sites for hydroxylation is 1. The number of rotatable bonds is 5. The molecule has 6 heteroatoms. The molecule has 2 aromatic carbocycles. The van der Waals surface area contributed by atoms with E-state index >= 15 is 0 Å². The van der Waals surface area contributed by atoms with E-state index in [1.54, 1.807) is 36.4 Å². The summed E-state index contributed by atoms with van der Waals surface area (Å²) in [6, 6.07) is 12.0. The SMILES string of the molecule is Cc1cccc(C(=O)NCC(=O)NC(C)c2ccc(Cl)cc2Cl)c1. The maximum absolute atomic E-state index is 12.0. The molecule has 0 aliphatic carbocycles. The summed E-state index contributed by atoms with van der Waals surface area (Å²) in [7, 11) is 0. The van der Waals surface area contributed by atoms with Gasteiger partial charge in [0.2, 0.25) is 5.91 Å². The molecule has 0 bridgehead atoms. The first-order valence-electron chi connectivity index (χ1n) is 7.46. The van der Waals surface area contributed by atoms with Crippen LogP contribution in [0.5, 0.6) is 0 Å². The molecule has 2 aromatic rings. The van der Waals surface area contributed by atoms with Crippen molar-refractivity contribution in [3.05, 3.63) is 69.2 Å². The fourth-order valence-corrected chi connectivity index (χ4v) is 2.84. The molecule has 1 unspecified atom stereocenters. The van der Waals surface area contributed by atoms with Gasteiger partial charge in [0.1, 0.15) is 0 Å². The summed E-state index contributed by atoms with van der Waals surface area (Å²) < 4.78 is 0. The fourth-order valence-electron chi connectivity index (χ4n) is 2.27. The first-order valence-corrected chi connectivity index (χ1v) is 8.21. The largest absolute Gasteiger partial charge is 0.348 e. The van der Waals surface area contributed by atoms with E-state index in [1.807, 2.05) is 19.9 Å². The number of halogens is 2. The molecule has 0 saturated carbocycles. The van der Waals surface area contributed by atoms with Gasteiger partial charge < -0.3 is 10.6 Å². The van der Waals surface area contributed by atoms with Crippen LogP contribution in [0, 0.1) is 6.92 Å². The molecule has 0 aliphatic rings. The molecule has 2 N–H and O–H groups in total. The zero-order valence-corrected chi connectivity index (χ0v) is 14.9. The van der Waals surface area contributed by atoms with Crippen LogP contribution in [0.4, 0.5) is 0 Å². The molecule has 2 rings (SSSR count). The molecular formula is C18H18Cl2N2O2. The second-order valence-corrected chi connectivity index (χ2v) is 6.35. The van der Waals surface area contributed by atoms with Gasteiger partial charge in [0.25, 0.3) is 5.91 Å². The Morgan fingerprint density at radius 2 is 1.88 bits per heavy atom. The number of hydrogen-bond donors (Lipinski definition) is 2. The van der Waals surface area contributed by atoms with Crippen molar-refractivity contribution in [2.24, 2.45) is 0 Å². The van der Waals surface area contributed by atoms with E-state index in [1.165, 1.54) is 0 Å². The quantitative estimate of drug-likeness (QED) is 0.844. The van der Waals surface area contributed by atoms with Crippen molar-refractivity contribution in [2.45, 2.75) is 19.9 Å². The lowest BCUT2D eigenvalue weighted by Crippen LogP contribution is -2.38. The third kappa shape index (κ3) is 4.98. The lowest BCUT2D eigenvalue weighted by Gasteiger charge is -2.16. The van der Waals surface area contributed by atoms with Gasteiger partial charge in [0.15, 0.2) is 0 Å². The molecule has 0 aromatic heterocycles. The maximum Gasteiger partial charge on any atom is 0.251 e. The van der Waals surface area contributed by atoms with Gasteiger partial charge in [-0.1, -0.05) is 47.0 Å². The summed E-state index contributed by atoms with van der Waals surface area (Å²) in [5, 5.41) is 6.42. The smallest absolute Gasteiger partial charge is 0.251 e. The number of carbonyl (C=O) groups excluding carboxylic acids is 2. The Kier molecular flexibility index (Phi) is 6.23. The lowest BCUT2D eigenvalue weighted by atomic mass is 10.1. The van der Waals surface area contributed by atoms with Gasteiger partial charge in [0, 0.05) is 15.6 Å². The predicted octanol–water partition coefficient (Wildman–Crippen LogP) is 3.91. The fraction of sp³-hybridized carbons (Fsp3) is 0.222. The molecule has 0 heterocycles. The lowest BCUT2D eigenvalue weighted by molar-refractivity contribution is -0.120. The van der Waals surface area contributed by atoms with E-state index in [2.05, 4.69) is 10.6 Å². The second kappa shape index (κ2) is 8.18. The van der Waals surface area contributed by atoms with Crippen LogP contribution in [-0.4, -0.2) is 18.4 Å². The van der Waals surface area contributed by atoms with Crippen LogP contribution in [0.1, 0.15) is 34.5 Å². The van der Waals surface area contributed by atoms with E-state index < -0.39 is 0 Å². The summed E-state index contributed by atoms with van der Waals surface area (Å²) in [6.45, 7) is 3.61. The molecule has 2 amide bonds. The number of carbonyl (C=O) groups is 2. The van der Waals surface area contributed by atoms with Crippen LogP contribution in [-0.2, 0) is 4.79 Å². The van der Waals surface area contributed by atoms with Gasteiger partial charge in [-0.25, -0.2) is 0 Å². The third-order valence-corrected chi connectivity index (χ3v) is 4.06. The van der Waals surface area contributed by atoms with Gasteiger partial charge in [-0.3, -0.25) is 9.59 Å². The number of amides is 2. The van der Waals surface area contributed by atoms with E-state index in [4.69, 9.17) is 23.2 Å². The van der Waals surface area contributed by atoms with Crippen LogP contribution in [0.15, 0.2) is 42.5 Å². The van der Waals surface area contributed by atoms with Gasteiger partial charge in [-0.15, -0.1) is 0 Å². The second-order valence-electron chi connectivity index (χ2n) is 5.51. The highest BCUT2D eigenvalue weighted by molar-refractivity contribution is 6.35. The summed E-state index contributed by atoms with van der Waals surface area (Å²) in [5.74, 6) is -0.583. The zero-order valence-electron chi connectivity index (χ0n) is 13.4. The molecular weight excluding hydrogens is 347 g/mol. The Hall–Kier alpha value is -2.04. The Morgan fingerprint density at radius 3 is 2.54 bits per heavy atom. The van der Waals surface area contributed by atoms with E-state index in [0.29, 0.717) is 15.6 Å². The normalized spacial score (nSPS) is 11.7. The van der Waals surface area contributed by atoms with Gasteiger partial charge in [0.05, 0.1) is 12.6 Å². The molecule has 4 nitrogen and oxygen atoms in total. The molecule has 1 atom stereocenters. The van der Waals surface area contributed by atoms with Crippen molar-refractivity contribution < 1.29 is 9.59 Å². The molecule has 0 aliphatic heterocycles. The first-order chi connectivity index (χ1) is 11.4. The van der Waals surface area contributed by atoms with Gasteiger partial charge >= 0.3 is 0 Å². The Morgan fingerprint density at radius 1 is 1.12 bits per heavy atom. The van der Waals surface area contributed by atoms with E-state index in [9.17, 15) is 9.59 Å². The molecule has 24 heavy (non-hydrogen) atoms. The molecule has 0 fully saturated rings. The van der Waals surface area contributed by atoms with Crippen molar-refractivity contribution in [1.82, 2.24) is 10.6 Å². The van der Waals surface area contributed by atoms with Gasteiger partial charge in [-0.2, -0.15) is 0 Å². The summed E-state index contributed by atoms with van der Waals surface area (Å²) in [5.41, 5.74) is 2.27. The minimum atomic E-state index is -0.297. The average molecular weight is 365 g/mol. The summed E-state index contributed by atoms with van der Waals surface area (Å²) in [4.78, 5) is 24.0. The first kappa shape index (κ1) is 18.3. The maximum atomic E-state index is 12.0. The molecule has 0 spiro atoms. The average Bonchev–Trinajstić information content (AvgIpc) is 2.52. The minimum absolute atomic E-state index is 0.109. The third-order valence-electron chi connectivity index (χ3n) is 3.50. The van der Waals surface area contributed by atoms with Crippen molar-refractivity contribution in [3.8, 4) is 0 Å². The minimum Gasteiger partial charge on any atom is -0.348 e. The monoisotopic (exact) mass is 364 g/mol. The summed E-state index contributed by atoms with van der Waals surface area (Å²) in [6.07, 6.45) is 0. The van der Waals surface area contributed by atoms with Gasteiger partial charge in [-0.05, 0) is 43.7 Å². The topological polar surface area (TPSA) is 58.2 Å². The zero-order chi connectivity index (χ0) is 17.7. The van der Waals surface area contributed by atoms with Crippen LogP contribution >= 0.6 is 23.2 Å². The summed E-state index contributed by atoms with van der Waals surface area (Å²) >= 11 is 12.0. The number of hydrogen-bond acceptors (Lipinski definition) is 2. The Labute approximate surface area is 151 Å². The van der Waals surface area contributed by atoms with Crippen LogP contribution in [0.25, 0.3) is 0 Å². The Balaban J connectivity index is 1.90. The Bertz CT molecular complexity index is 762. The van der Waals surface area contributed by atoms with E-state index in [0.717, 1.165) is 11.1 Å². The molecule has 0 radical (unpaired) electrons. The predicted molar refractivity (Wildman–Crippen MR) is 96.5 cm³/mol. The van der Waals surface area contributed by atoms with Crippen molar-refractivity contribution >= 4 is 35.0 Å². The van der Waals surface area contributed by atoms with Crippen molar-refractivity contribution in [1.29, 1.82) is 0 Å². The van der Waals surface area contributed by atoms with Crippen LogP contribution in [0.3, 0.4) is 0 Å². The van der Waals surface area contributed by atoms with Crippen LogP contribution < -0.4 is 10.6 Å². The van der Waals surface area contributed by atoms with Crippen molar-refractivity contribution in [3.63, 3.8) is 0 Å². The number of benzene rings is 2. The van der Waals surface area contributed by atoms with E-state index in [-0.39, 0.29) is 24.4 Å². The molecule has 0 saturated heterocycles. The number of nitrogens with one attached hydrogen (secondary N) is 2. The molecule has 126 valence electrons. The standard InChI is InChI=1S/C18H18Cl2N2O2/c1-11-4-3-5-13(8-11)18(24)21-10-17(23)22-12(2)15-7-6-14(19)9-16(15)20/h3-9,12H,10H2,1-2H3,(H,21,24)(H,22,23). The van der Waals surface area contributed by atoms with Crippen LogP contribution in [0.2, 0.25) is 10.0 Å².